The van der Waals surface area contributed by atoms with Gasteiger partial charge in [0, 0.05) is 44.4 Å². The average Bonchev–Trinajstić information content (AvgIpc) is 3.71. The molecule has 0 amide bonds. The first kappa shape index (κ1) is 30.2. The fourth-order valence-corrected chi connectivity index (χ4v) is 8.65. The molecule has 0 bridgehead atoms. The van der Waals surface area contributed by atoms with E-state index in [-0.39, 0.29) is 10.8 Å². The highest BCUT2D eigenvalue weighted by Gasteiger charge is 2.37. The summed E-state index contributed by atoms with van der Waals surface area (Å²) in [4.78, 5) is 2.42. The van der Waals surface area contributed by atoms with Crippen molar-refractivity contribution in [3.8, 4) is 33.4 Å². The Morgan fingerprint density at radius 2 is 1.00 bits per heavy atom. The smallest absolute Gasteiger partial charge is 0.143 e. The number of nitrogens with zero attached hydrogens (tertiary/aromatic N) is 1. The number of rotatable bonds is 6. The lowest BCUT2D eigenvalue weighted by molar-refractivity contribution is 0.604. The molecule has 50 heavy (non-hydrogen) atoms. The number of fused-ring (bicyclic) bond motifs is 7. The molecule has 7 aromatic rings. The van der Waals surface area contributed by atoms with Crippen LogP contribution < -0.4 is 4.90 Å². The minimum absolute atomic E-state index is 0.102. The fraction of sp³-hybridized carbons (Fsp3) is 0.125. The van der Waals surface area contributed by atoms with Gasteiger partial charge in [0.15, 0.2) is 0 Å². The summed E-state index contributed by atoms with van der Waals surface area (Å²) in [5.41, 5.74) is 17.9. The van der Waals surface area contributed by atoms with Crippen LogP contribution in [0.1, 0.15) is 61.3 Å². The maximum atomic E-state index is 6.32. The van der Waals surface area contributed by atoms with E-state index in [9.17, 15) is 0 Å². The van der Waals surface area contributed by atoms with E-state index in [2.05, 4.69) is 173 Å². The fourth-order valence-electron chi connectivity index (χ4n) is 8.65. The highest BCUT2D eigenvalue weighted by Crippen LogP contribution is 2.53. The second-order valence-corrected chi connectivity index (χ2v) is 14.7. The van der Waals surface area contributed by atoms with Crippen LogP contribution in [0, 0.1) is 0 Å². The Kier molecular flexibility index (Phi) is 6.54. The van der Waals surface area contributed by atoms with Gasteiger partial charge in [0.05, 0.1) is 0 Å². The Morgan fingerprint density at radius 1 is 0.500 bits per heavy atom. The standard InChI is InChI=1S/C48H39NO/c1-7-34-40-17-13-16-35(46(40)50-45(34)8-2)30-20-22-31(23-21-30)49(32-24-26-38-36-14-9-11-18-41(36)47(3,4)43(38)28-32)33-25-27-39-37-15-10-12-19-42(37)48(5,6)44(39)29-33/h7-29H,1-2H2,3-6H3. The van der Waals surface area contributed by atoms with Crippen molar-refractivity contribution >= 4 is 40.2 Å². The second kappa shape index (κ2) is 10.8. The van der Waals surface area contributed by atoms with Crippen LogP contribution in [0.4, 0.5) is 17.1 Å². The van der Waals surface area contributed by atoms with E-state index in [1.807, 2.05) is 6.08 Å². The summed E-state index contributed by atoms with van der Waals surface area (Å²) in [6.07, 6.45) is 3.61. The van der Waals surface area contributed by atoms with Gasteiger partial charge >= 0.3 is 0 Å². The predicted molar refractivity (Wildman–Crippen MR) is 212 cm³/mol. The van der Waals surface area contributed by atoms with Crippen molar-refractivity contribution in [2.24, 2.45) is 0 Å². The van der Waals surface area contributed by atoms with E-state index >= 15 is 0 Å². The summed E-state index contributed by atoms with van der Waals surface area (Å²) in [6, 6.07) is 46.9. The number of benzene rings is 6. The quantitative estimate of drug-likeness (QED) is 0.179. The summed E-state index contributed by atoms with van der Waals surface area (Å²) in [5.74, 6) is 0.744. The van der Waals surface area contributed by atoms with Crippen molar-refractivity contribution in [3.63, 3.8) is 0 Å². The summed E-state index contributed by atoms with van der Waals surface area (Å²) < 4.78 is 6.32. The van der Waals surface area contributed by atoms with Gasteiger partial charge in [0.25, 0.3) is 0 Å². The van der Waals surface area contributed by atoms with Gasteiger partial charge in [-0.15, -0.1) is 0 Å². The van der Waals surface area contributed by atoms with Crippen molar-refractivity contribution in [1.82, 2.24) is 0 Å². The molecule has 0 radical (unpaired) electrons. The van der Waals surface area contributed by atoms with Gasteiger partial charge in [-0.25, -0.2) is 0 Å². The van der Waals surface area contributed by atoms with Crippen LogP contribution in [-0.4, -0.2) is 0 Å². The minimum atomic E-state index is -0.102. The van der Waals surface area contributed by atoms with Crippen LogP contribution in [0.3, 0.4) is 0 Å². The third-order valence-corrected chi connectivity index (χ3v) is 11.3. The monoisotopic (exact) mass is 645 g/mol. The lowest BCUT2D eigenvalue weighted by Crippen LogP contribution is -2.18. The third-order valence-electron chi connectivity index (χ3n) is 11.3. The third kappa shape index (κ3) is 4.21. The van der Waals surface area contributed by atoms with Crippen LogP contribution in [0.2, 0.25) is 0 Å². The zero-order chi connectivity index (χ0) is 34.4. The van der Waals surface area contributed by atoms with Gasteiger partial charge in [-0.1, -0.05) is 138 Å². The highest BCUT2D eigenvalue weighted by atomic mass is 16.3. The maximum Gasteiger partial charge on any atom is 0.143 e. The van der Waals surface area contributed by atoms with E-state index in [0.29, 0.717) is 0 Å². The SMILES string of the molecule is C=Cc1oc2c(-c3ccc(N(c4ccc5c(c4)C(C)(C)c4ccccc4-5)c4ccc5c(c4)C(C)(C)c4ccccc4-5)cc3)cccc2c1C=C. The van der Waals surface area contributed by atoms with Gasteiger partial charge in [-0.05, 0) is 92.5 Å². The van der Waals surface area contributed by atoms with E-state index in [4.69, 9.17) is 4.42 Å². The maximum absolute atomic E-state index is 6.32. The van der Waals surface area contributed by atoms with Gasteiger partial charge < -0.3 is 9.32 Å². The molecule has 242 valence electrons. The molecule has 0 saturated carbocycles. The molecular formula is C48H39NO. The average molecular weight is 646 g/mol. The second-order valence-electron chi connectivity index (χ2n) is 14.7. The largest absolute Gasteiger partial charge is 0.455 e. The zero-order valence-corrected chi connectivity index (χ0v) is 29.0. The Hall–Kier alpha value is -5.86. The highest BCUT2D eigenvalue weighted by molar-refractivity contribution is 5.99. The van der Waals surface area contributed by atoms with Crippen molar-refractivity contribution in [2.75, 3.05) is 4.90 Å². The zero-order valence-electron chi connectivity index (χ0n) is 29.0. The van der Waals surface area contributed by atoms with Crippen LogP contribution in [0.5, 0.6) is 0 Å². The molecular weight excluding hydrogens is 607 g/mol. The van der Waals surface area contributed by atoms with Crippen molar-refractivity contribution < 1.29 is 4.42 Å². The number of hydrogen-bond donors (Lipinski definition) is 0. The topological polar surface area (TPSA) is 16.4 Å². The molecule has 0 aliphatic heterocycles. The molecule has 0 atom stereocenters. The van der Waals surface area contributed by atoms with Crippen molar-refractivity contribution in [1.29, 1.82) is 0 Å². The minimum Gasteiger partial charge on any atom is -0.455 e. The Balaban J connectivity index is 1.20. The molecule has 2 aliphatic rings. The van der Waals surface area contributed by atoms with E-state index in [1.54, 1.807) is 6.08 Å². The molecule has 0 fully saturated rings. The first-order chi connectivity index (χ1) is 24.2. The normalized spacial score (nSPS) is 14.5. The first-order valence-electron chi connectivity index (χ1n) is 17.4. The molecule has 2 heteroatoms. The molecule has 0 N–H and O–H groups in total. The molecule has 0 saturated heterocycles. The van der Waals surface area contributed by atoms with Gasteiger partial charge in [-0.3, -0.25) is 0 Å². The lowest BCUT2D eigenvalue weighted by Gasteiger charge is -2.30. The first-order valence-corrected chi connectivity index (χ1v) is 17.4. The van der Waals surface area contributed by atoms with Crippen LogP contribution in [0.15, 0.2) is 145 Å². The predicted octanol–water partition coefficient (Wildman–Crippen LogP) is 13.5. The van der Waals surface area contributed by atoms with Crippen LogP contribution in [0.25, 0.3) is 56.5 Å². The number of anilines is 3. The van der Waals surface area contributed by atoms with Gasteiger partial charge in [0.1, 0.15) is 11.3 Å². The molecule has 0 spiro atoms. The van der Waals surface area contributed by atoms with E-state index in [1.165, 1.54) is 44.5 Å². The summed E-state index contributed by atoms with van der Waals surface area (Å²) >= 11 is 0. The molecule has 6 aromatic carbocycles. The van der Waals surface area contributed by atoms with Gasteiger partial charge in [-0.2, -0.15) is 0 Å². The Morgan fingerprint density at radius 3 is 1.54 bits per heavy atom. The lowest BCUT2D eigenvalue weighted by atomic mass is 9.82. The van der Waals surface area contributed by atoms with Crippen molar-refractivity contribution in [2.45, 2.75) is 38.5 Å². The number of hydrogen-bond acceptors (Lipinski definition) is 2. The number of para-hydroxylation sites is 1. The summed E-state index contributed by atoms with van der Waals surface area (Å²) in [7, 11) is 0. The molecule has 9 rings (SSSR count). The Bertz CT molecular complexity index is 2420. The van der Waals surface area contributed by atoms with Crippen molar-refractivity contribution in [3.05, 3.63) is 174 Å². The van der Waals surface area contributed by atoms with Crippen LogP contribution >= 0.6 is 0 Å². The molecule has 1 aromatic heterocycles. The molecule has 2 nitrogen and oxygen atoms in total. The molecule has 1 heterocycles. The Labute approximate surface area is 294 Å². The van der Waals surface area contributed by atoms with Gasteiger partial charge in [0.2, 0.25) is 0 Å². The summed E-state index contributed by atoms with van der Waals surface area (Å²) in [5, 5.41) is 1.04. The molecule has 0 unspecified atom stereocenters. The van der Waals surface area contributed by atoms with Crippen LogP contribution in [-0.2, 0) is 10.8 Å². The molecule has 2 aliphatic carbocycles. The van der Waals surface area contributed by atoms with E-state index in [0.717, 1.165) is 50.5 Å². The summed E-state index contributed by atoms with van der Waals surface area (Å²) in [6.45, 7) is 17.4. The van der Waals surface area contributed by atoms with E-state index < -0.39 is 0 Å². The number of furan rings is 1.